The number of anilines is 1. The van der Waals surface area contributed by atoms with Gasteiger partial charge in [-0.05, 0) is 38.1 Å². The maximum atomic E-state index is 12.5. The molecule has 1 aromatic rings. The lowest BCUT2D eigenvalue weighted by molar-refractivity contribution is -0.118. The van der Waals surface area contributed by atoms with Crippen molar-refractivity contribution in [1.82, 2.24) is 5.32 Å². The highest BCUT2D eigenvalue weighted by atomic mass is 16.5. The van der Waals surface area contributed by atoms with Crippen LogP contribution >= 0.6 is 0 Å². The Morgan fingerprint density at radius 1 is 1.47 bits per heavy atom. The molecule has 0 radical (unpaired) electrons. The molecule has 0 saturated heterocycles. The van der Waals surface area contributed by atoms with E-state index in [1.807, 2.05) is 7.05 Å². The summed E-state index contributed by atoms with van der Waals surface area (Å²) >= 11 is 0. The molecule has 0 aromatic heterocycles. The fraction of sp³-hybridized carbons (Fsp3) is 0.429. The minimum Gasteiger partial charge on any atom is -0.482 e. The van der Waals surface area contributed by atoms with Crippen molar-refractivity contribution >= 4 is 17.4 Å². The molecule has 5 nitrogen and oxygen atoms in total. The molecular formula is C14H16N2O3. The summed E-state index contributed by atoms with van der Waals surface area (Å²) in [7, 11) is 1.86. The van der Waals surface area contributed by atoms with Crippen molar-refractivity contribution in [3.8, 4) is 5.75 Å². The molecular weight excluding hydrogens is 244 g/mol. The highest BCUT2D eigenvalue weighted by molar-refractivity contribution is 6.04. The van der Waals surface area contributed by atoms with Crippen molar-refractivity contribution in [1.29, 1.82) is 0 Å². The maximum Gasteiger partial charge on any atom is 0.262 e. The van der Waals surface area contributed by atoms with E-state index >= 15 is 0 Å². The zero-order valence-electron chi connectivity index (χ0n) is 10.8. The van der Waals surface area contributed by atoms with Gasteiger partial charge >= 0.3 is 0 Å². The topological polar surface area (TPSA) is 67.4 Å². The predicted molar refractivity (Wildman–Crippen MR) is 70.5 cm³/mol. The Morgan fingerprint density at radius 3 is 2.95 bits per heavy atom. The Bertz CT molecular complexity index is 550. The molecule has 0 atom stereocenters. The molecule has 1 heterocycles. The van der Waals surface area contributed by atoms with Crippen LogP contribution in [-0.4, -0.2) is 31.9 Å². The van der Waals surface area contributed by atoms with Crippen LogP contribution in [0.1, 0.15) is 23.2 Å². The summed E-state index contributed by atoms with van der Waals surface area (Å²) in [5.74, 6) is 0.576. The van der Waals surface area contributed by atoms with Gasteiger partial charge in [-0.15, -0.1) is 0 Å². The van der Waals surface area contributed by atoms with E-state index in [4.69, 9.17) is 4.74 Å². The number of fused-ring (bicyclic) bond motifs is 1. The molecule has 1 aliphatic carbocycles. The smallest absolute Gasteiger partial charge is 0.262 e. The first-order chi connectivity index (χ1) is 9.14. The normalized spacial score (nSPS) is 19.1. The van der Waals surface area contributed by atoms with Gasteiger partial charge in [0, 0.05) is 17.5 Å². The Balaban J connectivity index is 1.88. The minimum absolute atomic E-state index is 0.0317. The van der Waals surface area contributed by atoms with Crippen LogP contribution in [0.4, 0.5) is 5.69 Å². The van der Waals surface area contributed by atoms with Crippen molar-refractivity contribution in [2.24, 2.45) is 5.41 Å². The van der Waals surface area contributed by atoms with E-state index < -0.39 is 0 Å². The first kappa shape index (κ1) is 12.2. The minimum atomic E-state index is -0.248. The summed E-state index contributed by atoms with van der Waals surface area (Å²) in [5.41, 5.74) is 0.974. The first-order valence-electron chi connectivity index (χ1n) is 6.41. The van der Waals surface area contributed by atoms with Gasteiger partial charge in [-0.2, -0.15) is 0 Å². The largest absolute Gasteiger partial charge is 0.482 e. The second-order valence-electron chi connectivity index (χ2n) is 5.19. The quantitative estimate of drug-likeness (QED) is 0.798. The average Bonchev–Trinajstić information content (AvgIpc) is 3.18. The molecule has 3 rings (SSSR count). The van der Waals surface area contributed by atoms with Crippen molar-refractivity contribution in [3.05, 3.63) is 23.8 Å². The summed E-state index contributed by atoms with van der Waals surface area (Å²) < 4.78 is 5.28. The van der Waals surface area contributed by atoms with Gasteiger partial charge in [0.25, 0.3) is 5.91 Å². The van der Waals surface area contributed by atoms with Crippen LogP contribution < -0.4 is 15.4 Å². The van der Waals surface area contributed by atoms with Gasteiger partial charge in [-0.25, -0.2) is 0 Å². The Kier molecular flexibility index (Phi) is 2.78. The predicted octanol–water partition coefficient (Wildman–Crippen LogP) is 1.20. The molecule has 1 saturated carbocycles. The fourth-order valence-electron chi connectivity index (χ4n) is 2.50. The first-order valence-corrected chi connectivity index (χ1v) is 6.41. The van der Waals surface area contributed by atoms with Crippen LogP contribution in [0, 0.1) is 5.41 Å². The standard InChI is InChI=1S/C14H16N2O3/c1-15-8-14(4-5-14)13(18)9-2-3-11-10(6-9)16-12(17)7-19-11/h2-3,6,15H,4-5,7-8H2,1H3,(H,16,17). The van der Waals surface area contributed by atoms with Crippen LogP contribution in [-0.2, 0) is 4.79 Å². The van der Waals surface area contributed by atoms with Crippen molar-refractivity contribution in [3.63, 3.8) is 0 Å². The molecule has 5 heteroatoms. The lowest BCUT2D eigenvalue weighted by Crippen LogP contribution is -2.29. The van der Waals surface area contributed by atoms with Crippen molar-refractivity contribution in [2.75, 3.05) is 25.5 Å². The van der Waals surface area contributed by atoms with E-state index in [1.165, 1.54) is 0 Å². The third kappa shape index (κ3) is 2.10. The van der Waals surface area contributed by atoms with E-state index in [0.717, 1.165) is 12.8 Å². The van der Waals surface area contributed by atoms with Gasteiger partial charge in [0.05, 0.1) is 5.69 Å². The summed E-state index contributed by atoms with van der Waals surface area (Å²) in [5, 5.41) is 5.80. The van der Waals surface area contributed by atoms with Gasteiger partial charge in [0.1, 0.15) is 5.75 Å². The van der Waals surface area contributed by atoms with E-state index in [-0.39, 0.29) is 23.7 Å². The van der Waals surface area contributed by atoms with Crippen LogP contribution in [0.15, 0.2) is 18.2 Å². The maximum absolute atomic E-state index is 12.5. The van der Waals surface area contributed by atoms with Gasteiger partial charge < -0.3 is 15.4 Å². The number of benzene rings is 1. The fourth-order valence-corrected chi connectivity index (χ4v) is 2.50. The number of ether oxygens (including phenoxy) is 1. The Hall–Kier alpha value is -1.88. The van der Waals surface area contributed by atoms with Crippen LogP contribution in [0.3, 0.4) is 0 Å². The molecule has 100 valence electrons. The van der Waals surface area contributed by atoms with Crippen molar-refractivity contribution in [2.45, 2.75) is 12.8 Å². The number of hydrogen-bond donors (Lipinski definition) is 2. The van der Waals surface area contributed by atoms with Gasteiger partial charge in [-0.3, -0.25) is 9.59 Å². The number of carbonyl (C=O) groups is 2. The zero-order chi connectivity index (χ0) is 13.5. The molecule has 0 unspecified atom stereocenters. The van der Waals surface area contributed by atoms with Gasteiger partial charge in [0.15, 0.2) is 12.4 Å². The molecule has 2 aliphatic rings. The number of hydrogen-bond acceptors (Lipinski definition) is 4. The summed E-state index contributed by atoms with van der Waals surface area (Å²) in [6, 6.07) is 5.23. The zero-order valence-corrected chi connectivity index (χ0v) is 10.8. The molecule has 1 amide bonds. The van der Waals surface area contributed by atoms with E-state index in [9.17, 15) is 9.59 Å². The van der Waals surface area contributed by atoms with Gasteiger partial charge in [0.2, 0.25) is 0 Å². The third-order valence-corrected chi connectivity index (χ3v) is 3.72. The van der Waals surface area contributed by atoms with E-state index in [2.05, 4.69) is 10.6 Å². The molecule has 0 bridgehead atoms. The van der Waals surface area contributed by atoms with E-state index in [0.29, 0.717) is 23.5 Å². The number of ketones is 1. The molecule has 19 heavy (non-hydrogen) atoms. The molecule has 2 N–H and O–H groups in total. The lowest BCUT2D eigenvalue weighted by atomic mass is 9.94. The Labute approximate surface area is 111 Å². The Morgan fingerprint density at radius 2 is 2.26 bits per heavy atom. The highest BCUT2D eigenvalue weighted by Gasteiger charge is 2.49. The summed E-state index contributed by atoms with van der Waals surface area (Å²) in [6.07, 6.45) is 1.85. The SMILES string of the molecule is CNCC1(C(=O)c2ccc3c(c2)NC(=O)CO3)CC1. The second-order valence-corrected chi connectivity index (χ2v) is 5.19. The molecule has 1 aromatic carbocycles. The number of Topliss-reactive ketones (excluding diaryl/α,β-unsaturated/α-hetero) is 1. The van der Waals surface area contributed by atoms with Gasteiger partial charge in [-0.1, -0.05) is 0 Å². The van der Waals surface area contributed by atoms with Crippen LogP contribution in [0.2, 0.25) is 0 Å². The number of carbonyl (C=O) groups excluding carboxylic acids is 2. The third-order valence-electron chi connectivity index (χ3n) is 3.72. The van der Waals surface area contributed by atoms with Crippen LogP contribution in [0.5, 0.6) is 5.75 Å². The molecule has 0 spiro atoms. The molecule has 1 fully saturated rings. The van der Waals surface area contributed by atoms with Crippen molar-refractivity contribution < 1.29 is 14.3 Å². The highest BCUT2D eigenvalue weighted by Crippen LogP contribution is 2.48. The summed E-state index contributed by atoms with van der Waals surface area (Å²) in [4.78, 5) is 23.8. The van der Waals surface area contributed by atoms with E-state index in [1.54, 1.807) is 18.2 Å². The summed E-state index contributed by atoms with van der Waals surface area (Å²) in [6.45, 7) is 0.732. The number of nitrogens with one attached hydrogen (secondary N) is 2. The van der Waals surface area contributed by atoms with Crippen LogP contribution in [0.25, 0.3) is 0 Å². The lowest BCUT2D eigenvalue weighted by Gasteiger charge is -2.19. The number of amides is 1. The molecule has 1 aliphatic heterocycles. The number of rotatable bonds is 4. The average molecular weight is 260 g/mol. The monoisotopic (exact) mass is 260 g/mol. The second kappa shape index (κ2) is 4.35.